The molecule has 2 fully saturated rings. The molecule has 0 saturated heterocycles. The summed E-state index contributed by atoms with van der Waals surface area (Å²) in [6.07, 6.45) is 7.05. The zero-order valence-corrected chi connectivity index (χ0v) is 11.1. The molecule has 0 spiro atoms. The Labute approximate surface area is 100 Å². The van der Waals surface area contributed by atoms with Crippen LogP contribution in [0.15, 0.2) is 0 Å². The van der Waals surface area contributed by atoms with Gasteiger partial charge in [-0.15, -0.1) is 0 Å². The first-order valence-electron chi connectivity index (χ1n) is 6.83. The van der Waals surface area contributed by atoms with Gasteiger partial charge in [-0.2, -0.15) is 0 Å². The smallest absolute Gasteiger partial charge is 0.0467 e. The highest BCUT2D eigenvalue weighted by molar-refractivity contribution is 4.94. The van der Waals surface area contributed by atoms with Crippen LogP contribution in [-0.2, 0) is 4.74 Å². The number of methoxy groups -OCH3 is 1. The number of hydrogen-bond acceptors (Lipinski definition) is 2. The molecule has 2 saturated carbocycles. The number of fused-ring (bicyclic) bond motifs is 2. The minimum absolute atomic E-state index is 0.373. The first-order chi connectivity index (χ1) is 7.61. The van der Waals surface area contributed by atoms with E-state index in [0.717, 1.165) is 37.5 Å². The fourth-order valence-electron chi connectivity index (χ4n) is 3.37. The van der Waals surface area contributed by atoms with Gasteiger partial charge >= 0.3 is 0 Å². The summed E-state index contributed by atoms with van der Waals surface area (Å²) < 4.78 is 5.17. The summed E-state index contributed by atoms with van der Waals surface area (Å²) in [4.78, 5) is 0. The van der Waals surface area contributed by atoms with Gasteiger partial charge in [-0.05, 0) is 42.9 Å². The van der Waals surface area contributed by atoms with Gasteiger partial charge in [0.1, 0.15) is 0 Å². The van der Waals surface area contributed by atoms with Crippen LogP contribution in [0.25, 0.3) is 0 Å². The third-order valence-corrected chi connectivity index (χ3v) is 4.56. The summed E-state index contributed by atoms with van der Waals surface area (Å²) in [6, 6.07) is 0.820. The van der Waals surface area contributed by atoms with Gasteiger partial charge in [-0.3, -0.25) is 0 Å². The topological polar surface area (TPSA) is 21.3 Å². The Morgan fingerprint density at radius 3 is 2.62 bits per heavy atom. The molecular formula is C14H27NO. The van der Waals surface area contributed by atoms with Gasteiger partial charge in [0, 0.05) is 26.3 Å². The van der Waals surface area contributed by atoms with Gasteiger partial charge in [-0.25, -0.2) is 0 Å². The molecule has 94 valence electrons. The Kier molecular flexibility index (Phi) is 3.91. The number of rotatable bonds is 6. The molecule has 0 aromatic rings. The molecule has 3 unspecified atom stereocenters. The molecule has 2 nitrogen and oxygen atoms in total. The van der Waals surface area contributed by atoms with Gasteiger partial charge in [-0.1, -0.05) is 20.3 Å². The quantitative estimate of drug-likeness (QED) is 0.750. The van der Waals surface area contributed by atoms with Crippen LogP contribution in [-0.4, -0.2) is 26.3 Å². The third kappa shape index (κ3) is 2.98. The van der Waals surface area contributed by atoms with Crippen LogP contribution in [0, 0.1) is 17.3 Å². The van der Waals surface area contributed by atoms with Crippen molar-refractivity contribution in [2.75, 3.05) is 20.3 Å². The predicted molar refractivity (Wildman–Crippen MR) is 67.5 cm³/mol. The second-order valence-corrected chi connectivity index (χ2v) is 6.57. The normalized spacial score (nSPS) is 33.6. The van der Waals surface area contributed by atoms with Crippen LogP contribution in [0.5, 0.6) is 0 Å². The molecule has 0 amide bonds. The molecule has 1 N–H and O–H groups in total. The molecule has 2 rings (SSSR count). The largest absolute Gasteiger partial charge is 0.385 e. The molecule has 0 aliphatic heterocycles. The Balaban J connectivity index is 1.70. The van der Waals surface area contributed by atoms with E-state index in [0.29, 0.717) is 5.41 Å². The lowest BCUT2D eigenvalue weighted by atomic mass is 9.88. The highest BCUT2D eigenvalue weighted by Gasteiger charge is 2.39. The van der Waals surface area contributed by atoms with Gasteiger partial charge < -0.3 is 10.1 Å². The van der Waals surface area contributed by atoms with E-state index in [1.54, 1.807) is 7.11 Å². The van der Waals surface area contributed by atoms with E-state index in [4.69, 9.17) is 4.74 Å². The van der Waals surface area contributed by atoms with Crippen molar-refractivity contribution in [1.29, 1.82) is 0 Å². The minimum atomic E-state index is 0.373. The molecule has 3 atom stereocenters. The molecular weight excluding hydrogens is 198 g/mol. The summed E-state index contributed by atoms with van der Waals surface area (Å²) in [6.45, 7) is 6.70. The summed E-state index contributed by atoms with van der Waals surface area (Å²) in [5.41, 5.74) is 0.373. The molecule has 0 aromatic heterocycles. The fourth-order valence-corrected chi connectivity index (χ4v) is 3.37. The monoisotopic (exact) mass is 225 g/mol. The van der Waals surface area contributed by atoms with E-state index < -0.39 is 0 Å². The van der Waals surface area contributed by atoms with Crippen molar-refractivity contribution in [3.8, 4) is 0 Å². The Hall–Kier alpha value is -0.0800. The third-order valence-electron chi connectivity index (χ3n) is 4.56. The van der Waals surface area contributed by atoms with Crippen molar-refractivity contribution >= 4 is 0 Å². The van der Waals surface area contributed by atoms with E-state index in [-0.39, 0.29) is 0 Å². The highest BCUT2D eigenvalue weighted by atomic mass is 16.5. The van der Waals surface area contributed by atoms with Crippen molar-refractivity contribution in [1.82, 2.24) is 5.32 Å². The van der Waals surface area contributed by atoms with Gasteiger partial charge in [0.25, 0.3) is 0 Å². The van der Waals surface area contributed by atoms with Crippen LogP contribution < -0.4 is 5.32 Å². The van der Waals surface area contributed by atoms with Gasteiger partial charge in [0.2, 0.25) is 0 Å². The lowest BCUT2D eigenvalue weighted by molar-refractivity contribution is 0.146. The Bertz CT molecular complexity index is 227. The summed E-state index contributed by atoms with van der Waals surface area (Å²) in [5, 5.41) is 3.81. The summed E-state index contributed by atoms with van der Waals surface area (Å²) in [7, 11) is 1.79. The molecule has 2 heteroatoms. The summed E-state index contributed by atoms with van der Waals surface area (Å²) >= 11 is 0. The van der Waals surface area contributed by atoms with E-state index in [1.807, 2.05) is 0 Å². The first-order valence-corrected chi connectivity index (χ1v) is 6.83. The van der Waals surface area contributed by atoms with Crippen LogP contribution in [0.2, 0.25) is 0 Å². The molecule has 0 heterocycles. The number of hydrogen-bond donors (Lipinski definition) is 1. The van der Waals surface area contributed by atoms with Gasteiger partial charge in [0.05, 0.1) is 0 Å². The van der Waals surface area contributed by atoms with Crippen LogP contribution in [0.4, 0.5) is 0 Å². The summed E-state index contributed by atoms with van der Waals surface area (Å²) in [5.74, 6) is 2.04. The molecule has 2 aliphatic carbocycles. The van der Waals surface area contributed by atoms with Crippen molar-refractivity contribution < 1.29 is 4.74 Å². The van der Waals surface area contributed by atoms with Crippen LogP contribution in [0.3, 0.4) is 0 Å². The van der Waals surface area contributed by atoms with Crippen LogP contribution in [0.1, 0.15) is 46.0 Å². The van der Waals surface area contributed by atoms with Crippen molar-refractivity contribution in [3.05, 3.63) is 0 Å². The second kappa shape index (κ2) is 5.05. The SMILES string of the molecule is COCCC(C)(C)CNC1CC2CCC1C2. The van der Waals surface area contributed by atoms with Crippen molar-refractivity contribution in [2.24, 2.45) is 17.3 Å². The zero-order valence-electron chi connectivity index (χ0n) is 11.1. The van der Waals surface area contributed by atoms with E-state index in [1.165, 1.54) is 25.7 Å². The van der Waals surface area contributed by atoms with Gasteiger partial charge in [0.15, 0.2) is 0 Å². The van der Waals surface area contributed by atoms with E-state index in [9.17, 15) is 0 Å². The Morgan fingerprint density at radius 2 is 2.06 bits per heavy atom. The van der Waals surface area contributed by atoms with Crippen molar-refractivity contribution in [3.63, 3.8) is 0 Å². The first kappa shape index (κ1) is 12.4. The lowest BCUT2D eigenvalue weighted by Crippen LogP contribution is -2.40. The Morgan fingerprint density at radius 1 is 1.25 bits per heavy atom. The predicted octanol–water partition coefficient (Wildman–Crippen LogP) is 2.83. The van der Waals surface area contributed by atoms with E-state index >= 15 is 0 Å². The second-order valence-electron chi connectivity index (χ2n) is 6.57. The maximum Gasteiger partial charge on any atom is 0.0467 e. The highest BCUT2D eigenvalue weighted by Crippen LogP contribution is 2.44. The zero-order chi connectivity index (χ0) is 11.6. The van der Waals surface area contributed by atoms with Crippen LogP contribution >= 0.6 is 0 Å². The average molecular weight is 225 g/mol. The molecule has 0 aromatic carbocycles. The average Bonchev–Trinajstić information content (AvgIpc) is 2.85. The molecule has 0 radical (unpaired) electrons. The maximum atomic E-state index is 5.17. The fraction of sp³-hybridized carbons (Fsp3) is 1.00. The standard InChI is InChI=1S/C14H27NO/c1-14(2,6-7-16-3)10-15-13-9-11-4-5-12(13)8-11/h11-13,15H,4-10H2,1-3H3. The number of nitrogens with one attached hydrogen (secondary N) is 1. The molecule has 2 bridgehead atoms. The molecule has 2 aliphatic rings. The van der Waals surface area contributed by atoms with Crippen molar-refractivity contribution in [2.45, 2.75) is 52.0 Å². The lowest BCUT2D eigenvalue weighted by Gasteiger charge is -2.30. The minimum Gasteiger partial charge on any atom is -0.385 e. The van der Waals surface area contributed by atoms with E-state index in [2.05, 4.69) is 19.2 Å². The maximum absolute atomic E-state index is 5.17. The molecule has 16 heavy (non-hydrogen) atoms. The number of ether oxygens (including phenoxy) is 1.